The Hall–Kier alpha value is -0.570. The fraction of sp³-hybridized carbons (Fsp3) is 0.417. The Morgan fingerprint density at radius 2 is 2.00 bits per heavy atom. The number of halogens is 2. The maximum atomic E-state index is 11.7. The van der Waals surface area contributed by atoms with Crippen molar-refractivity contribution in [3.8, 4) is 0 Å². The highest BCUT2D eigenvalue weighted by molar-refractivity contribution is 6.35. The van der Waals surface area contributed by atoms with Crippen LogP contribution in [0.1, 0.15) is 25.8 Å². The van der Waals surface area contributed by atoms with Crippen LogP contribution in [0.2, 0.25) is 10.0 Å². The Morgan fingerprint density at radius 1 is 1.38 bits per heavy atom. The second kappa shape index (κ2) is 5.17. The summed E-state index contributed by atoms with van der Waals surface area (Å²) in [6.07, 6.45) is 0.641. The first-order valence-corrected chi connectivity index (χ1v) is 5.78. The Balaban J connectivity index is 2.70. The van der Waals surface area contributed by atoms with Gasteiger partial charge in [-0.15, -0.1) is 0 Å². The van der Waals surface area contributed by atoms with Gasteiger partial charge in [-0.1, -0.05) is 29.3 Å². The molecule has 0 atom stereocenters. The van der Waals surface area contributed by atoms with E-state index in [2.05, 4.69) is 0 Å². The lowest BCUT2D eigenvalue weighted by Gasteiger charge is -2.17. The summed E-state index contributed by atoms with van der Waals surface area (Å²) in [6, 6.07) is 5.13. The van der Waals surface area contributed by atoms with Crippen LogP contribution in [0.4, 0.5) is 0 Å². The number of hydrogen-bond acceptors (Lipinski definition) is 2. The number of hydrogen-bond donors (Lipinski definition) is 1. The summed E-state index contributed by atoms with van der Waals surface area (Å²) in [4.78, 5) is 11.7. The molecule has 1 aromatic rings. The average molecular weight is 260 g/mol. The smallest absolute Gasteiger partial charge is 0.139 e. The van der Waals surface area contributed by atoms with Gasteiger partial charge in [0.25, 0.3) is 0 Å². The predicted octanol–water partition coefficient (Wildman–Crippen LogP) is 3.23. The van der Waals surface area contributed by atoms with E-state index in [1.54, 1.807) is 18.2 Å². The fourth-order valence-corrected chi connectivity index (χ4v) is 1.92. The largest absolute Gasteiger partial charge is 0.325 e. The van der Waals surface area contributed by atoms with Crippen LogP contribution in [-0.2, 0) is 11.2 Å². The predicted molar refractivity (Wildman–Crippen MR) is 68.1 cm³/mol. The van der Waals surface area contributed by atoms with Gasteiger partial charge in [0.2, 0.25) is 0 Å². The van der Waals surface area contributed by atoms with Crippen molar-refractivity contribution in [1.29, 1.82) is 0 Å². The van der Waals surface area contributed by atoms with Crippen molar-refractivity contribution in [3.05, 3.63) is 33.8 Å². The van der Waals surface area contributed by atoms with Crippen LogP contribution in [0.15, 0.2) is 18.2 Å². The molecule has 0 radical (unpaired) electrons. The van der Waals surface area contributed by atoms with Gasteiger partial charge in [0, 0.05) is 28.4 Å². The van der Waals surface area contributed by atoms with Gasteiger partial charge < -0.3 is 5.73 Å². The number of nitrogens with two attached hydrogens (primary N) is 1. The third-order valence-electron chi connectivity index (χ3n) is 2.06. The number of benzene rings is 1. The first-order chi connectivity index (χ1) is 7.28. The minimum Gasteiger partial charge on any atom is -0.325 e. The van der Waals surface area contributed by atoms with E-state index in [-0.39, 0.29) is 5.78 Å². The van der Waals surface area contributed by atoms with Crippen LogP contribution in [0.5, 0.6) is 0 Å². The molecule has 0 amide bonds. The van der Waals surface area contributed by atoms with E-state index in [0.29, 0.717) is 22.9 Å². The van der Waals surface area contributed by atoms with Crippen LogP contribution in [0.25, 0.3) is 0 Å². The molecule has 88 valence electrons. The minimum absolute atomic E-state index is 0.0803. The molecule has 0 saturated carbocycles. The molecule has 2 N–H and O–H groups in total. The number of carbonyl (C=O) groups excluding carboxylic acids is 1. The maximum Gasteiger partial charge on any atom is 0.139 e. The Morgan fingerprint density at radius 3 is 2.50 bits per heavy atom. The lowest BCUT2D eigenvalue weighted by atomic mass is 9.96. The second-order valence-corrected chi connectivity index (χ2v) is 5.46. The molecular formula is C12H15Cl2NO. The Bertz CT molecular complexity index is 396. The standard InChI is InChI=1S/C12H15Cl2NO/c1-12(2,15)7-10(16)5-8-3-4-9(13)6-11(8)14/h3-4,6H,5,7,15H2,1-2H3. The van der Waals surface area contributed by atoms with Crippen LogP contribution in [0.3, 0.4) is 0 Å². The average Bonchev–Trinajstić information content (AvgIpc) is 2.06. The van der Waals surface area contributed by atoms with E-state index in [9.17, 15) is 4.79 Å². The molecule has 0 aromatic heterocycles. The van der Waals surface area contributed by atoms with Crippen molar-refractivity contribution in [3.63, 3.8) is 0 Å². The van der Waals surface area contributed by atoms with Gasteiger partial charge in [-0.2, -0.15) is 0 Å². The van der Waals surface area contributed by atoms with Crippen molar-refractivity contribution in [2.75, 3.05) is 0 Å². The quantitative estimate of drug-likeness (QED) is 0.903. The minimum atomic E-state index is -0.476. The van der Waals surface area contributed by atoms with Crippen LogP contribution >= 0.6 is 23.2 Å². The highest BCUT2D eigenvalue weighted by Crippen LogP contribution is 2.22. The van der Waals surface area contributed by atoms with E-state index in [4.69, 9.17) is 28.9 Å². The fourth-order valence-electron chi connectivity index (χ4n) is 1.45. The van der Waals surface area contributed by atoms with Gasteiger partial charge in [-0.25, -0.2) is 0 Å². The summed E-state index contributed by atoms with van der Waals surface area (Å²) in [6.45, 7) is 3.66. The molecule has 0 bridgehead atoms. The van der Waals surface area contributed by atoms with Gasteiger partial charge in [-0.3, -0.25) is 4.79 Å². The molecule has 0 aliphatic carbocycles. The maximum absolute atomic E-state index is 11.7. The van der Waals surface area contributed by atoms with Crippen molar-refractivity contribution in [1.82, 2.24) is 0 Å². The van der Waals surface area contributed by atoms with Gasteiger partial charge >= 0.3 is 0 Å². The van der Waals surface area contributed by atoms with Crippen molar-refractivity contribution >= 4 is 29.0 Å². The van der Waals surface area contributed by atoms with E-state index in [0.717, 1.165) is 5.56 Å². The zero-order chi connectivity index (χ0) is 12.3. The number of carbonyl (C=O) groups is 1. The van der Waals surface area contributed by atoms with E-state index in [1.807, 2.05) is 13.8 Å². The van der Waals surface area contributed by atoms with Crippen LogP contribution < -0.4 is 5.73 Å². The highest BCUT2D eigenvalue weighted by Gasteiger charge is 2.17. The summed E-state index contributed by atoms with van der Waals surface area (Å²) in [5, 5.41) is 1.09. The molecule has 0 saturated heterocycles. The Labute approximate surface area is 106 Å². The zero-order valence-corrected chi connectivity index (χ0v) is 10.9. The van der Waals surface area contributed by atoms with Crippen molar-refractivity contribution in [2.45, 2.75) is 32.2 Å². The number of Topliss-reactive ketones (excluding diaryl/α,β-unsaturated/α-hetero) is 1. The molecule has 1 rings (SSSR count). The molecule has 0 aliphatic rings. The third-order valence-corrected chi connectivity index (χ3v) is 2.64. The van der Waals surface area contributed by atoms with Gasteiger partial charge in [0.05, 0.1) is 0 Å². The summed E-state index contributed by atoms with van der Waals surface area (Å²) in [5.41, 5.74) is 6.09. The first kappa shape index (κ1) is 13.5. The second-order valence-electron chi connectivity index (χ2n) is 4.62. The third kappa shape index (κ3) is 4.52. The number of ketones is 1. The molecule has 4 heteroatoms. The van der Waals surface area contributed by atoms with Crippen molar-refractivity contribution < 1.29 is 4.79 Å². The first-order valence-electron chi connectivity index (χ1n) is 5.02. The SMILES string of the molecule is CC(C)(N)CC(=O)Cc1ccc(Cl)cc1Cl. The summed E-state index contributed by atoms with van der Waals surface area (Å²) >= 11 is 11.7. The number of rotatable bonds is 4. The van der Waals surface area contributed by atoms with Gasteiger partial charge in [-0.05, 0) is 31.5 Å². The molecule has 0 aliphatic heterocycles. The molecule has 0 fully saturated rings. The highest BCUT2D eigenvalue weighted by atomic mass is 35.5. The molecular weight excluding hydrogens is 245 g/mol. The lowest BCUT2D eigenvalue weighted by Crippen LogP contribution is -2.35. The molecule has 2 nitrogen and oxygen atoms in total. The van der Waals surface area contributed by atoms with Crippen LogP contribution in [0, 0.1) is 0 Å². The van der Waals surface area contributed by atoms with E-state index in [1.165, 1.54) is 0 Å². The summed E-state index contributed by atoms with van der Waals surface area (Å²) in [7, 11) is 0. The van der Waals surface area contributed by atoms with Crippen molar-refractivity contribution in [2.24, 2.45) is 5.73 Å². The molecule has 16 heavy (non-hydrogen) atoms. The molecule has 0 spiro atoms. The summed E-state index contributed by atoms with van der Waals surface area (Å²) in [5.74, 6) is 0.0803. The molecule has 0 heterocycles. The molecule has 1 aromatic carbocycles. The van der Waals surface area contributed by atoms with Gasteiger partial charge in [0.1, 0.15) is 5.78 Å². The van der Waals surface area contributed by atoms with E-state index >= 15 is 0 Å². The molecule has 0 unspecified atom stereocenters. The van der Waals surface area contributed by atoms with Crippen LogP contribution in [-0.4, -0.2) is 11.3 Å². The topological polar surface area (TPSA) is 43.1 Å². The lowest BCUT2D eigenvalue weighted by molar-refractivity contribution is -0.119. The monoisotopic (exact) mass is 259 g/mol. The summed E-state index contributed by atoms with van der Waals surface area (Å²) < 4.78 is 0. The van der Waals surface area contributed by atoms with Gasteiger partial charge in [0.15, 0.2) is 0 Å². The normalized spacial score (nSPS) is 11.6. The zero-order valence-electron chi connectivity index (χ0n) is 9.39. The van der Waals surface area contributed by atoms with E-state index < -0.39 is 5.54 Å². The Kier molecular flexibility index (Phi) is 4.36.